The van der Waals surface area contributed by atoms with E-state index in [1.54, 1.807) is 49.4 Å². The second-order valence-corrected chi connectivity index (χ2v) is 6.51. The fourth-order valence-electron chi connectivity index (χ4n) is 3.21. The lowest BCUT2D eigenvalue weighted by Crippen LogP contribution is -2.49. The molecule has 0 aliphatic carbocycles. The molecule has 9 nitrogen and oxygen atoms in total. The minimum absolute atomic E-state index is 0.142. The van der Waals surface area contributed by atoms with Crippen LogP contribution in [0.2, 0.25) is 0 Å². The SMILES string of the molecule is CC[C@]1(c2ccccc2)NC(=O)N(NC(=O)COc2ccccc2C(=O)OC)C1=O. The molecule has 2 N–H and O–H groups in total. The summed E-state index contributed by atoms with van der Waals surface area (Å²) in [7, 11) is 1.23. The summed E-state index contributed by atoms with van der Waals surface area (Å²) in [5, 5.41) is 3.31. The molecule has 0 unspecified atom stereocenters. The van der Waals surface area contributed by atoms with Gasteiger partial charge >= 0.3 is 12.0 Å². The second kappa shape index (κ2) is 8.64. The summed E-state index contributed by atoms with van der Waals surface area (Å²) in [5.41, 5.74) is 1.77. The van der Waals surface area contributed by atoms with Crippen LogP contribution >= 0.6 is 0 Å². The molecule has 1 aliphatic rings. The lowest BCUT2D eigenvalue weighted by Gasteiger charge is -2.25. The van der Waals surface area contributed by atoms with Crippen LogP contribution in [0, 0.1) is 0 Å². The Labute approximate surface area is 172 Å². The monoisotopic (exact) mass is 411 g/mol. The highest BCUT2D eigenvalue weighted by Crippen LogP contribution is 2.31. The zero-order valence-electron chi connectivity index (χ0n) is 16.5. The van der Waals surface area contributed by atoms with Crippen LogP contribution in [0.5, 0.6) is 5.75 Å². The molecular formula is C21H21N3O6. The molecule has 4 amide bonds. The Morgan fingerprint density at radius 1 is 1.07 bits per heavy atom. The van der Waals surface area contributed by atoms with E-state index in [-0.39, 0.29) is 11.3 Å². The number of hydrogen-bond donors (Lipinski definition) is 2. The van der Waals surface area contributed by atoms with Crippen LogP contribution in [-0.4, -0.2) is 42.5 Å². The standard InChI is InChI=1S/C21H21N3O6/c1-3-21(14-9-5-4-6-10-14)19(27)24(20(28)22-21)23-17(25)13-30-16-12-8-7-11-15(16)18(26)29-2/h4-12H,3,13H2,1-2H3,(H,22,28)(H,23,25)/t21-/m1/s1. The van der Waals surface area contributed by atoms with Crippen molar-refractivity contribution < 1.29 is 28.7 Å². The number of rotatable bonds is 7. The van der Waals surface area contributed by atoms with Gasteiger partial charge in [-0.2, -0.15) is 5.01 Å². The van der Waals surface area contributed by atoms with Gasteiger partial charge < -0.3 is 14.8 Å². The molecule has 156 valence electrons. The average molecular weight is 411 g/mol. The number of nitrogens with one attached hydrogen (secondary N) is 2. The minimum Gasteiger partial charge on any atom is -0.483 e. The maximum Gasteiger partial charge on any atom is 0.344 e. The summed E-state index contributed by atoms with van der Waals surface area (Å²) in [6.45, 7) is 1.25. The first-order chi connectivity index (χ1) is 14.4. The van der Waals surface area contributed by atoms with Crippen molar-refractivity contribution in [3.8, 4) is 5.75 Å². The zero-order valence-corrected chi connectivity index (χ0v) is 16.5. The van der Waals surface area contributed by atoms with Gasteiger partial charge in [0.05, 0.1) is 7.11 Å². The first-order valence-corrected chi connectivity index (χ1v) is 9.24. The van der Waals surface area contributed by atoms with Gasteiger partial charge in [-0.15, -0.1) is 0 Å². The number of hydrazine groups is 1. The maximum absolute atomic E-state index is 13.0. The van der Waals surface area contributed by atoms with E-state index in [2.05, 4.69) is 15.5 Å². The maximum atomic E-state index is 13.0. The highest BCUT2D eigenvalue weighted by Gasteiger charge is 2.52. The third-order valence-corrected chi connectivity index (χ3v) is 4.78. The number of hydrogen-bond acceptors (Lipinski definition) is 6. The number of benzene rings is 2. The van der Waals surface area contributed by atoms with Gasteiger partial charge in [0.2, 0.25) is 0 Å². The number of carbonyl (C=O) groups is 4. The fraction of sp³-hybridized carbons (Fsp3) is 0.238. The number of urea groups is 1. The number of methoxy groups -OCH3 is 1. The van der Waals surface area contributed by atoms with Gasteiger partial charge in [-0.1, -0.05) is 49.4 Å². The van der Waals surface area contributed by atoms with E-state index in [1.165, 1.54) is 19.2 Å². The molecule has 1 atom stereocenters. The van der Waals surface area contributed by atoms with Crippen molar-refractivity contribution in [1.82, 2.24) is 15.8 Å². The van der Waals surface area contributed by atoms with Crippen molar-refractivity contribution >= 4 is 23.8 Å². The first-order valence-electron chi connectivity index (χ1n) is 9.24. The van der Waals surface area contributed by atoms with E-state index in [9.17, 15) is 19.2 Å². The highest BCUT2D eigenvalue weighted by atomic mass is 16.5. The van der Waals surface area contributed by atoms with E-state index in [0.717, 1.165) is 0 Å². The van der Waals surface area contributed by atoms with Crippen molar-refractivity contribution in [2.45, 2.75) is 18.9 Å². The second-order valence-electron chi connectivity index (χ2n) is 6.51. The molecular weight excluding hydrogens is 390 g/mol. The van der Waals surface area contributed by atoms with Crippen molar-refractivity contribution in [2.24, 2.45) is 0 Å². The molecule has 30 heavy (non-hydrogen) atoms. The first kappa shape index (κ1) is 20.8. The van der Waals surface area contributed by atoms with Gasteiger partial charge in [-0.05, 0) is 24.1 Å². The van der Waals surface area contributed by atoms with Crippen LogP contribution in [0.1, 0.15) is 29.3 Å². The number of ether oxygens (including phenoxy) is 2. The van der Waals surface area contributed by atoms with Gasteiger partial charge in [0, 0.05) is 0 Å². The third-order valence-electron chi connectivity index (χ3n) is 4.78. The Hall–Kier alpha value is -3.88. The summed E-state index contributed by atoms with van der Waals surface area (Å²) in [6, 6.07) is 14.3. The van der Waals surface area contributed by atoms with Gasteiger partial charge in [0.15, 0.2) is 6.61 Å². The normalized spacial score (nSPS) is 18.0. The van der Waals surface area contributed by atoms with Gasteiger partial charge in [0.1, 0.15) is 16.9 Å². The van der Waals surface area contributed by atoms with E-state index in [0.29, 0.717) is 17.0 Å². The lowest BCUT2D eigenvalue weighted by atomic mass is 9.87. The predicted octanol–water partition coefficient (Wildman–Crippen LogP) is 1.74. The van der Waals surface area contributed by atoms with Crippen molar-refractivity contribution in [3.63, 3.8) is 0 Å². The summed E-state index contributed by atoms with van der Waals surface area (Å²) >= 11 is 0. The summed E-state index contributed by atoms with van der Waals surface area (Å²) in [6.07, 6.45) is 0.303. The van der Waals surface area contributed by atoms with Crippen molar-refractivity contribution in [1.29, 1.82) is 0 Å². The zero-order chi connectivity index (χ0) is 21.7. The molecule has 0 spiro atoms. The van der Waals surface area contributed by atoms with E-state index in [4.69, 9.17) is 4.74 Å². The minimum atomic E-state index is -1.26. The Morgan fingerprint density at radius 2 is 1.73 bits per heavy atom. The molecule has 2 aromatic rings. The highest BCUT2D eigenvalue weighted by molar-refractivity contribution is 6.08. The lowest BCUT2D eigenvalue weighted by molar-refractivity contribution is -0.140. The molecule has 0 radical (unpaired) electrons. The molecule has 0 bridgehead atoms. The van der Waals surface area contributed by atoms with E-state index in [1.807, 2.05) is 0 Å². The van der Waals surface area contributed by atoms with Gasteiger partial charge in [0.25, 0.3) is 11.8 Å². The Bertz CT molecular complexity index is 978. The van der Waals surface area contributed by atoms with Crippen LogP contribution < -0.4 is 15.5 Å². The number of esters is 1. The van der Waals surface area contributed by atoms with Crippen LogP contribution in [0.3, 0.4) is 0 Å². The quantitative estimate of drug-likeness (QED) is 0.530. The van der Waals surface area contributed by atoms with E-state index < -0.39 is 36.0 Å². The summed E-state index contributed by atoms with van der Waals surface area (Å²) in [5.74, 6) is -1.80. The molecule has 1 fully saturated rings. The molecule has 1 heterocycles. The van der Waals surface area contributed by atoms with Crippen molar-refractivity contribution in [2.75, 3.05) is 13.7 Å². The molecule has 2 aromatic carbocycles. The summed E-state index contributed by atoms with van der Waals surface area (Å²) < 4.78 is 10.1. The summed E-state index contributed by atoms with van der Waals surface area (Å²) in [4.78, 5) is 49.5. The number of carbonyl (C=O) groups excluding carboxylic acids is 4. The van der Waals surface area contributed by atoms with Gasteiger partial charge in [-0.25, -0.2) is 9.59 Å². The Balaban J connectivity index is 1.70. The smallest absolute Gasteiger partial charge is 0.344 e. The van der Waals surface area contributed by atoms with Crippen LogP contribution in [0.25, 0.3) is 0 Å². The molecule has 9 heteroatoms. The van der Waals surface area contributed by atoms with Crippen LogP contribution in [-0.2, 0) is 19.9 Å². The molecule has 0 saturated carbocycles. The van der Waals surface area contributed by atoms with Crippen LogP contribution in [0.15, 0.2) is 54.6 Å². The fourth-order valence-corrected chi connectivity index (χ4v) is 3.21. The average Bonchev–Trinajstić information content (AvgIpc) is 3.03. The number of nitrogens with zero attached hydrogens (tertiary/aromatic N) is 1. The van der Waals surface area contributed by atoms with Crippen molar-refractivity contribution in [3.05, 3.63) is 65.7 Å². The molecule has 1 aliphatic heterocycles. The largest absolute Gasteiger partial charge is 0.483 e. The molecule has 0 aromatic heterocycles. The van der Waals surface area contributed by atoms with Crippen LogP contribution in [0.4, 0.5) is 4.79 Å². The molecule has 1 saturated heterocycles. The third kappa shape index (κ3) is 3.82. The Morgan fingerprint density at radius 3 is 2.40 bits per heavy atom. The topological polar surface area (TPSA) is 114 Å². The predicted molar refractivity (Wildman–Crippen MR) is 105 cm³/mol. The number of amides is 4. The van der Waals surface area contributed by atoms with Gasteiger partial charge in [-0.3, -0.25) is 15.0 Å². The Kier molecular flexibility index (Phi) is 6.01. The molecule has 3 rings (SSSR count). The number of imide groups is 1. The van der Waals surface area contributed by atoms with E-state index >= 15 is 0 Å². The number of para-hydroxylation sites is 1.